The number of hydrogen-bond acceptors (Lipinski definition) is 7. The third kappa shape index (κ3) is 3.95. The molecule has 0 aliphatic heterocycles. The lowest BCUT2D eigenvalue weighted by atomic mass is 10.1. The Morgan fingerprint density at radius 1 is 1.21 bits per heavy atom. The van der Waals surface area contributed by atoms with Crippen molar-refractivity contribution in [2.24, 2.45) is 0 Å². The minimum atomic E-state index is -3.74. The van der Waals surface area contributed by atoms with Crippen LogP contribution in [0.25, 0.3) is 11.3 Å². The van der Waals surface area contributed by atoms with E-state index in [1.165, 1.54) is 32.2 Å². The van der Waals surface area contributed by atoms with Crippen molar-refractivity contribution in [1.29, 1.82) is 0 Å². The lowest BCUT2D eigenvalue weighted by Crippen LogP contribution is -2.11. The molecule has 0 unspecified atom stereocenters. The summed E-state index contributed by atoms with van der Waals surface area (Å²) in [6, 6.07) is 4.51. The van der Waals surface area contributed by atoms with Gasteiger partial charge in [-0.25, -0.2) is 13.4 Å². The summed E-state index contributed by atoms with van der Waals surface area (Å²) in [5.74, 6) is -1.00. The van der Waals surface area contributed by atoms with Crippen LogP contribution in [0, 0.1) is 0 Å². The van der Waals surface area contributed by atoms with E-state index in [1.807, 2.05) is 0 Å². The van der Waals surface area contributed by atoms with Gasteiger partial charge < -0.3 is 9.47 Å². The smallest absolute Gasteiger partial charge is 0.308 e. The number of sulfone groups is 1. The second-order valence-corrected chi connectivity index (χ2v) is 7.44. The number of halogens is 2. The molecule has 0 aliphatic rings. The lowest BCUT2D eigenvalue weighted by Gasteiger charge is -2.14. The Hall–Kier alpha value is -1.90. The number of methoxy groups -OCH3 is 1. The summed E-state index contributed by atoms with van der Waals surface area (Å²) >= 11 is 12.0. The Balaban J connectivity index is 2.85. The van der Waals surface area contributed by atoms with Crippen molar-refractivity contribution in [3.8, 4) is 22.9 Å². The van der Waals surface area contributed by atoms with Gasteiger partial charge in [0.15, 0.2) is 0 Å². The summed E-state index contributed by atoms with van der Waals surface area (Å²) in [6.45, 7) is 1.18. The first-order valence-corrected chi connectivity index (χ1v) is 9.08. The number of carbonyl (C=O) groups excluding carboxylic acids is 1. The first kappa shape index (κ1) is 18.4. The molecule has 0 N–H and O–H groups in total. The third-order valence-electron chi connectivity index (χ3n) is 2.77. The number of hydrogen-bond donors (Lipinski definition) is 0. The van der Waals surface area contributed by atoms with Gasteiger partial charge in [0.05, 0.1) is 12.1 Å². The molecule has 0 amide bonds. The number of aromatic nitrogens is 2. The fourth-order valence-electron chi connectivity index (χ4n) is 1.81. The minimum Gasteiger partial charge on any atom is -0.478 e. The molecule has 24 heavy (non-hydrogen) atoms. The van der Waals surface area contributed by atoms with Gasteiger partial charge in [0.25, 0.3) is 11.0 Å². The first-order chi connectivity index (χ1) is 11.1. The molecule has 1 aromatic carbocycles. The second-order valence-electron chi connectivity index (χ2n) is 4.68. The molecule has 0 aliphatic carbocycles. The van der Waals surface area contributed by atoms with Crippen molar-refractivity contribution < 1.29 is 22.7 Å². The van der Waals surface area contributed by atoms with Crippen molar-refractivity contribution in [3.63, 3.8) is 0 Å². The molecule has 7 nitrogen and oxygen atoms in total. The van der Waals surface area contributed by atoms with Crippen LogP contribution in [0.1, 0.15) is 6.92 Å². The van der Waals surface area contributed by atoms with Crippen LogP contribution in [0.5, 0.6) is 11.6 Å². The van der Waals surface area contributed by atoms with Gasteiger partial charge in [0.1, 0.15) is 5.69 Å². The predicted molar refractivity (Wildman–Crippen MR) is 88.5 cm³/mol. The van der Waals surface area contributed by atoms with E-state index in [0.29, 0.717) is 10.6 Å². The average Bonchev–Trinajstić information content (AvgIpc) is 2.46. The Morgan fingerprint density at radius 3 is 2.38 bits per heavy atom. The number of ether oxygens (including phenoxy) is 2. The fourth-order valence-corrected chi connectivity index (χ4v) is 2.82. The van der Waals surface area contributed by atoms with E-state index < -0.39 is 21.0 Å². The van der Waals surface area contributed by atoms with Crippen LogP contribution >= 0.6 is 23.2 Å². The van der Waals surface area contributed by atoms with Crippen LogP contribution in [0.2, 0.25) is 10.0 Å². The van der Waals surface area contributed by atoms with Crippen molar-refractivity contribution in [2.45, 2.75) is 12.1 Å². The zero-order valence-corrected chi connectivity index (χ0v) is 15.2. The zero-order valence-electron chi connectivity index (χ0n) is 12.8. The molecular formula is C14H12Cl2N2O5S. The standard InChI is InChI=1S/C14H12Cl2N2O5S/c1-7(19)23-12-11(9-5-4-8(15)6-10(9)16)17-14(24(3,20)21)18-13(12)22-2/h4-6H,1-3H3. The summed E-state index contributed by atoms with van der Waals surface area (Å²) < 4.78 is 33.8. The molecule has 0 fully saturated rings. The Labute approximate surface area is 148 Å². The van der Waals surface area contributed by atoms with Gasteiger partial charge in [-0.2, -0.15) is 4.98 Å². The van der Waals surface area contributed by atoms with Gasteiger partial charge in [-0.3, -0.25) is 4.79 Å². The number of rotatable bonds is 4. The van der Waals surface area contributed by atoms with Crippen LogP contribution in [-0.2, 0) is 14.6 Å². The maximum atomic E-state index is 11.8. The maximum Gasteiger partial charge on any atom is 0.308 e. The largest absolute Gasteiger partial charge is 0.478 e. The van der Waals surface area contributed by atoms with E-state index in [4.69, 9.17) is 32.7 Å². The van der Waals surface area contributed by atoms with Crippen LogP contribution in [-0.4, -0.2) is 37.7 Å². The van der Waals surface area contributed by atoms with Gasteiger partial charge in [-0.05, 0) is 18.2 Å². The molecular weight excluding hydrogens is 379 g/mol. The SMILES string of the molecule is COc1nc(S(C)(=O)=O)nc(-c2ccc(Cl)cc2Cl)c1OC(C)=O. The summed E-state index contributed by atoms with van der Waals surface area (Å²) in [4.78, 5) is 19.1. The number of benzene rings is 1. The van der Waals surface area contributed by atoms with Gasteiger partial charge in [0.2, 0.25) is 15.6 Å². The molecule has 0 radical (unpaired) electrons. The van der Waals surface area contributed by atoms with Gasteiger partial charge in [-0.15, -0.1) is 0 Å². The Bertz CT molecular complexity index is 916. The summed E-state index contributed by atoms with van der Waals surface area (Å²) in [5, 5.41) is 0.0783. The average molecular weight is 391 g/mol. The molecule has 0 saturated heterocycles. The molecule has 2 aromatic rings. The van der Waals surface area contributed by atoms with E-state index in [-0.39, 0.29) is 22.3 Å². The quantitative estimate of drug-likeness (QED) is 0.584. The predicted octanol–water partition coefficient (Wildman–Crippen LogP) is 2.79. The van der Waals surface area contributed by atoms with Gasteiger partial charge in [0, 0.05) is 23.8 Å². The van der Waals surface area contributed by atoms with Crippen LogP contribution in [0.3, 0.4) is 0 Å². The van der Waals surface area contributed by atoms with E-state index >= 15 is 0 Å². The third-order valence-corrected chi connectivity index (χ3v) is 4.16. The van der Waals surface area contributed by atoms with Crippen LogP contribution in [0.15, 0.2) is 23.4 Å². The molecule has 10 heteroatoms. The molecule has 1 heterocycles. The minimum absolute atomic E-state index is 0.000795. The summed E-state index contributed by atoms with van der Waals surface area (Å²) in [6.07, 6.45) is 0.945. The summed E-state index contributed by atoms with van der Waals surface area (Å²) in [7, 11) is -2.49. The highest BCUT2D eigenvalue weighted by molar-refractivity contribution is 7.90. The van der Waals surface area contributed by atoms with Crippen molar-refractivity contribution in [3.05, 3.63) is 28.2 Å². The molecule has 0 saturated carbocycles. The monoisotopic (exact) mass is 390 g/mol. The van der Waals surface area contributed by atoms with Crippen LogP contribution < -0.4 is 9.47 Å². The van der Waals surface area contributed by atoms with E-state index in [0.717, 1.165) is 6.26 Å². The van der Waals surface area contributed by atoms with E-state index in [2.05, 4.69) is 9.97 Å². The Kier molecular flexibility index (Phi) is 5.32. The Morgan fingerprint density at radius 2 is 1.88 bits per heavy atom. The highest BCUT2D eigenvalue weighted by Crippen LogP contribution is 2.40. The highest BCUT2D eigenvalue weighted by Gasteiger charge is 2.25. The van der Waals surface area contributed by atoms with Crippen LogP contribution in [0.4, 0.5) is 0 Å². The number of carbonyl (C=O) groups is 1. The lowest BCUT2D eigenvalue weighted by molar-refractivity contribution is -0.132. The highest BCUT2D eigenvalue weighted by atomic mass is 35.5. The maximum absolute atomic E-state index is 11.8. The first-order valence-electron chi connectivity index (χ1n) is 6.43. The fraction of sp³-hybridized carbons (Fsp3) is 0.214. The molecule has 2 rings (SSSR count). The summed E-state index contributed by atoms with van der Waals surface area (Å²) in [5.41, 5.74) is 0.307. The van der Waals surface area contributed by atoms with E-state index in [9.17, 15) is 13.2 Å². The zero-order chi connectivity index (χ0) is 18.1. The molecule has 0 bridgehead atoms. The second kappa shape index (κ2) is 6.92. The molecule has 0 atom stereocenters. The van der Waals surface area contributed by atoms with Crippen molar-refractivity contribution in [2.75, 3.05) is 13.4 Å². The topological polar surface area (TPSA) is 95.5 Å². The van der Waals surface area contributed by atoms with E-state index in [1.54, 1.807) is 0 Å². The molecule has 128 valence electrons. The number of nitrogens with zero attached hydrogens (tertiary/aromatic N) is 2. The molecule has 0 spiro atoms. The van der Waals surface area contributed by atoms with Gasteiger partial charge >= 0.3 is 5.97 Å². The van der Waals surface area contributed by atoms with Crippen molar-refractivity contribution >= 4 is 39.0 Å². The normalized spacial score (nSPS) is 11.2. The van der Waals surface area contributed by atoms with Crippen molar-refractivity contribution in [1.82, 2.24) is 9.97 Å². The molecule has 1 aromatic heterocycles. The number of esters is 1. The van der Waals surface area contributed by atoms with Gasteiger partial charge in [-0.1, -0.05) is 23.2 Å².